The molecule has 1 fully saturated rings. The molecule has 4 rings (SSSR count). The first-order valence-corrected chi connectivity index (χ1v) is 9.58. The molecule has 0 aliphatic carbocycles. The third-order valence-corrected chi connectivity index (χ3v) is 5.35. The highest BCUT2D eigenvalue weighted by Gasteiger charge is 2.20. The van der Waals surface area contributed by atoms with Crippen molar-refractivity contribution in [1.29, 1.82) is 0 Å². The van der Waals surface area contributed by atoms with Gasteiger partial charge in [-0.25, -0.2) is 15.0 Å². The molecule has 140 valence electrons. The second kappa shape index (κ2) is 7.24. The van der Waals surface area contributed by atoms with Crippen molar-refractivity contribution in [3.63, 3.8) is 0 Å². The molecule has 0 bridgehead atoms. The summed E-state index contributed by atoms with van der Waals surface area (Å²) >= 11 is 0. The maximum atomic E-state index is 5.64. The van der Waals surface area contributed by atoms with Crippen LogP contribution in [0.15, 0.2) is 24.3 Å². The van der Waals surface area contributed by atoms with E-state index in [1.807, 2.05) is 13.0 Å². The number of aromatic nitrogens is 3. The monoisotopic (exact) mass is 362 g/mol. The Morgan fingerprint density at radius 2 is 1.93 bits per heavy atom. The number of fused-ring (bicyclic) bond motifs is 1. The van der Waals surface area contributed by atoms with Crippen LogP contribution in [0, 0.1) is 20.8 Å². The van der Waals surface area contributed by atoms with Gasteiger partial charge < -0.3 is 10.1 Å². The fraction of sp³-hybridized carbons (Fsp3) is 0.409. The van der Waals surface area contributed by atoms with Gasteiger partial charge in [0.1, 0.15) is 11.6 Å². The molecule has 1 aromatic carbocycles. The number of ether oxygens (including phenoxy) is 1. The van der Waals surface area contributed by atoms with Crippen molar-refractivity contribution in [2.75, 3.05) is 20.2 Å². The quantitative estimate of drug-likeness (QED) is 0.760. The lowest BCUT2D eigenvalue weighted by molar-refractivity contribution is 0.415. The Kier molecular flexibility index (Phi) is 4.79. The first-order valence-electron chi connectivity index (χ1n) is 9.58. The van der Waals surface area contributed by atoms with E-state index >= 15 is 0 Å². The van der Waals surface area contributed by atoms with Crippen LogP contribution in [-0.2, 0) is 0 Å². The first kappa shape index (κ1) is 17.9. The topological polar surface area (TPSA) is 59.9 Å². The van der Waals surface area contributed by atoms with Gasteiger partial charge in [0.05, 0.1) is 18.5 Å². The summed E-state index contributed by atoms with van der Waals surface area (Å²) in [6.45, 7) is 8.24. The van der Waals surface area contributed by atoms with E-state index in [0.717, 1.165) is 64.6 Å². The van der Waals surface area contributed by atoms with Crippen molar-refractivity contribution in [3.8, 4) is 17.0 Å². The smallest absolute Gasteiger partial charge is 0.163 e. The highest BCUT2D eigenvalue weighted by Crippen LogP contribution is 2.34. The molecule has 1 N–H and O–H groups in total. The van der Waals surface area contributed by atoms with Gasteiger partial charge in [-0.3, -0.25) is 0 Å². The van der Waals surface area contributed by atoms with Crippen LogP contribution in [-0.4, -0.2) is 35.2 Å². The number of piperidine rings is 1. The zero-order chi connectivity index (χ0) is 19.0. The van der Waals surface area contributed by atoms with Crippen LogP contribution >= 0.6 is 0 Å². The molecular weight excluding hydrogens is 336 g/mol. The Labute approximate surface area is 160 Å². The second-order valence-corrected chi connectivity index (χ2v) is 7.44. The number of rotatable bonds is 3. The fourth-order valence-corrected chi connectivity index (χ4v) is 3.99. The normalized spacial score (nSPS) is 17.3. The van der Waals surface area contributed by atoms with Crippen LogP contribution in [0.3, 0.4) is 0 Å². The average molecular weight is 362 g/mol. The summed E-state index contributed by atoms with van der Waals surface area (Å²) in [7, 11) is 1.71. The van der Waals surface area contributed by atoms with Crippen LogP contribution < -0.4 is 10.1 Å². The maximum Gasteiger partial charge on any atom is 0.163 e. The van der Waals surface area contributed by atoms with E-state index < -0.39 is 0 Å². The zero-order valence-corrected chi connectivity index (χ0v) is 16.5. The van der Waals surface area contributed by atoms with E-state index in [0.29, 0.717) is 5.92 Å². The minimum atomic E-state index is 0.364. The van der Waals surface area contributed by atoms with Gasteiger partial charge in [0.15, 0.2) is 5.65 Å². The summed E-state index contributed by atoms with van der Waals surface area (Å²) < 4.78 is 5.64. The van der Waals surface area contributed by atoms with E-state index in [-0.39, 0.29) is 0 Å². The summed E-state index contributed by atoms with van der Waals surface area (Å²) in [6.07, 6.45) is 2.29. The van der Waals surface area contributed by atoms with Crippen molar-refractivity contribution in [2.24, 2.45) is 0 Å². The lowest BCUT2D eigenvalue weighted by Crippen LogP contribution is -2.29. The second-order valence-electron chi connectivity index (χ2n) is 7.44. The lowest BCUT2D eigenvalue weighted by Gasteiger charge is -2.22. The number of aryl methyl sites for hydroxylation is 3. The molecule has 0 saturated carbocycles. The Hall–Kier alpha value is -2.53. The third-order valence-electron chi connectivity index (χ3n) is 5.35. The maximum absolute atomic E-state index is 5.64. The Bertz CT molecular complexity index is 993. The summed E-state index contributed by atoms with van der Waals surface area (Å²) in [4.78, 5) is 14.5. The molecule has 3 heterocycles. The number of benzene rings is 1. The van der Waals surface area contributed by atoms with Gasteiger partial charge in [0.25, 0.3) is 0 Å². The zero-order valence-electron chi connectivity index (χ0n) is 16.5. The number of methoxy groups -OCH3 is 1. The van der Waals surface area contributed by atoms with Gasteiger partial charge in [-0.05, 0) is 69.5 Å². The standard InChI is InChI=1S/C22H26N4O/c1-13-10-14(2)20(19(11-13)27-4)18-8-7-17-15(3)24-21(26-22(17)25-18)16-6-5-9-23-12-16/h7-8,10-11,16,23H,5-6,9,12H2,1-4H3. The Balaban J connectivity index is 1.84. The van der Waals surface area contributed by atoms with Crippen LogP contribution in [0.25, 0.3) is 22.3 Å². The highest BCUT2D eigenvalue weighted by atomic mass is 16.5. The number of nitrogens with zero attached hydrogens (tertiary/aromatic N) is 3. The molecule has 0 spiro atoms. The average Bonchev–Trinajstić information content (AvgIpc) is 2.67. The van der Waals surface area contributed by atoms with E-state index in [1.165, 1.54) is 12.0 Å². The SMILES string of the molecule is COc1cc(C)cc(C)c1-c1ccc2c(C)nc(C3CCCNC3)nc2n1. The number of pyridine rings is 1. The van der Waals surface area contributed by atoms with E-state index in [2.05, 4.69) is 37.4 Å². The van der Waals surface area contributed by atoms with E-state index in [9.17, 15) is 0 Å². The molecule has 3 aromatic rings. The predicted octanol–water partition coefficient (Wildman–Crippen LogP) is 4.09. The highest BCUT2D eigenvalue weighted by molar-refractivity contribution is 5.82. The van der Waals surface area contributed by atoms with Gasteiger partial charge in [0, 0.05) is 23.4 Å². The Morgan fingerprint density at radius 1 is 1.07 bits per heavy atom. The first-order chi connectivity index (χ1) is 13.1. The van der Waals surface area contributed by atoms with Crippen LogP contribution in [0.1, 0.15) is 41.4 Å². The summed E-state index contributed by atoms with van der Waals surface area (Å²) in [6, 6.07) is 8.34. The molecule has 5 heteroatoms. The van der Waals surface area contributed by atoms with Gasteiger partial charge in [0.2, 0.25) is 0 Å². The Morgan fingerprint density at radius 3 is 2.67 bits per heavy atom. The number of nitrogens with one attached hydrogen (secondary N) is 1. The van der Waals surface area contributed by atoms with E-state index in [1.54, 1.807) is 7.11 Å². The van der Waals surface area contributed by atoms with Crippen LogP contribution in [0.5, 0.6) is 5.75 Å². The third kappa shape index (κ3) is 3.39. The molecule has 0 amide bonds. The minimum Gasteiger partial charge on any atom is -0.496 e. The molecule has 2 aromatic heterocycles. The summed E-state index contributed by atoms with van der Waals surface area (Å²) in [5, 5.41) is 4.46. The fourth-order valence-electron chi connectivity index (χ4n) is 3.99. The molecule has 5 nitrogen and oxygen atoms in total. The molecule has 1 aliphatic heterocycles. The molecular formula is C22H26N4O. The van der Waals surface area contributed by atoms with Gasteiger partial charge in [-0.1, -0.05) is 6.07 Å². The lowest BCUT2D eigenvalue weighted by atomic mass is 9.98. The summed E-state index contributed by atoms with van der Waals surface area (Å²) in [5.74, 6) is 2.12. The largest absolute Gasteiger partial charge is 0.496 e. The van der Waals surface area contributed by atoms with E-state index in [4.69, 9.17) is 19.7 Å². The predicted molar refractivity (Wildman–Crippen MR) is 108 cm³/mol. The van der Waals surface area contributed by atoms with Crippen LogP contribution in [0.4, 0.5) is 0 Å². The van der Waals surface area contributed by atoms with Crippen molar-refractivity contribution in [2.45, 2.75) is 39.5 Å². The molecule has 0 radical (unpaired) electrons. The molecule has 1 saturated heterocycles. The van der Waals surface area contributed by atoms with Crippen molar-refractivity contribution in [1.82, 2.24) is 20.3 Å². The number of hydrogen-bond acceptors (Lipinski definition) is 5. The molecule has 1 unspecified atom stereocenters. The molecule has 1 atom stereocenters. The molecule has 27 heavy (non-hydrogen) atoms. The summed E-state index contributed by atoms with van der Waals surface area (Å²) in [5.41, 5.74) is 6.01. The minimum absolute atomic E-state index is 0.364. The van der Waals surface area contributed by atoms with Crippen molar-refractivity contribution >= 4 is 11.0 Å². The van der Waals surface area contributed by atoms with Crippen LogP contribution in [0.2, 0.25) is 0 Å². The van der Waals surface area contributed by atoms with Crippen molar-refractivity contribution in [3.05, 3.63) is 46.9 Å². The number of hydrogen-bond donors (Lipinski definition) is 1. The van der Waals surface area contributed by atoms with Gasteiger partial charge in [-0.2, -0.15) is 0 Å². The molecule has 1 aliphatic rings. The van der Waals surface area contributed by atoms with Crippen molar-refractivity contribution < 1.29 is 4.74 Å². The van der Waals surface area contributed by atoms with Gasteiger partial charge in [-0.15, -0.1) is 0 Å². The van der Waals surface area contributed by atoms with Gasteiger partial charge >= 0.3 is 0 Å².